The van der Waals surface area contributed by atoms with E-state index < -0.39 is 16.1 Å². The van der Waals surface area contributed by atoms with E-state index in [9.17, 15) is 18.0 Å². The van der Waals surface area contributed by atoms with Gasteiger partial charge in [0.25, 0.3) is 10.1 Å². The standard InChI is InChI=1S/C10H12N4O5S/c1-20(17,18)19-6-7-4-11-9(12-5-7)14-3-2-8(15)13-10(14)16/h4-5H,2-3,6H2,1H3,(H,13,15,16). The summed E-state index contributed by atoms with van der Waals surface area (Å²) in [6, 6.07) is -0.582. The van der Waals surface area contributed by atoms with Crippen molar-refractivity contribution in [3.05, 3.63) is 18.0 Å². The van der Waals surface area contributed by atoms with Gasteiger partial charge in [-0.25, -0.2) is 14.8 Å². The fourth-order valence-corrected chi connectivity index (χ4v) is 1.84. The van der Waals surface area contributed by atoms with Crippen molar-refractivity contribution in [3.63, 3.8) is 0 Å². The summed E-state index contributed by atoms with van der Waals surface area (Å²) in [4.78, 5) is 31.7. The van der Waals surface area contributed by atoms with Crippen LogP contribution in [0.1, 0.15) is 12.0 Å². The molecule has 0 radical (unpaired) electrons. The molecule has 20 heavy (non-hydrogen) atoms. The van der Waals surface area contributed by atoms with Crippen molar-refractivity contribution in [3.8, 4) is 0 Å². The molecule has 3 amide bonds. The molecule has 2 heterocycles. The quantitative estimate of drug-likeness (QED) is 0.737. The molecule has 1 aliphatic heterocycles. The maximum absolute atomic E-state index is 11.6. The Hall–Kier alpha value is -2.07. The summed E-state index contributed by atoms with van der Waals surface area (Å²) in [5.41, 5.74) is 0.452. The summed E-state index contributed by atoms with van der Waals surface area (Å²) < 4.78 is 26.3. The van der Waals surface area contributed by atoms with E-state index in [4.69, 9.17) is 0 Å². The lowest BCUT2D eigenvalue weighted by molar-refractivity contribution is -0.120. The van der Waals surface area contributed by atoms with Crippen LogP contribution in [-0.2, 0) is 25.7 Å². The molecule has 1 N–H and O–H groups in total. The van der Waals surface area contributed by atoms with E-state index >= 15 is 0 Å². The second kappa shape index (κ2) is 5.51. The maximum atomic E-state index is 11.6. The normalized spacial score (nSPS) is 16.1. The molecule has 1 aliphatic rings. The number of nitrogens with one attached hydrogen (secondary N) is 1. The molecule has 2 rings (SSSR count). The Morgan fingerprint density at radius 1 is 1.35 bits per heavy atom. The highest BCUT2D eigenvalue weighted by atomic mass is 32.2. The van der Waals surface area contributed by atoms with Crippen LogP contribution in [-0.4, -0.2) is 43.1 Å². The van der Waals surface area contributed by atoms with E-state index in [1.165, 1.54) is 17.3 Å². The van der Waals surface area contributed by atoms with E-state index in [2.05, 4.69) is 19.5 Å². The van der Waals surface area contributed by atoms with E-state index in [-0.39, 0.29) is 31.4 Å². The van der Waals surface area contributed by atoms with Gasteiger partial charge in [-0.2, -0.15) is 8.42 Å². The Labute approximate surface area is 115 Å². The molecule has 0 spiro atoms. The number of urea groups is 1. The van der Waals surface area contributed by atoms with E-state index in [1.807, 2.05) is 0 Å². The summed E-state index contributed by atoms with van der Waals surface area (Å²) in [7, 11) is -3.54. The number of aromatic nitrogens is 2. The minimum Gasteiger partial charge on any atom is -0.278 e. The molecule has 0 aromatic carbocycles. The number of carbonyl (C=O) groups is 2. The fraction of sp³-hybridized carbons (Fsp3) is 0.400. The molecule has 1 aromatic heterocycles. The highest BCUT2D eigenvalue weighted by Crippen LogP contribution is 2.11. The van der Waals surface area contributed by atoms with E-state index in [0.29, 0.717) is 5.56 Å². The molecular weight excluding hydrogens is 288 g/mol. The summed E-state index contributed by atoms with van der Waals surface area (Å²) >= 11 is 0. The van der Waals surface area contributed by atoms with Crippen LogP contribution < -0.4 is 10.2 Å². The number of nitrogens with zero attached hydrogens (tertiary/aromatic N) is 3. The average Bonchev–Trinajstić information content (AvgIpc) is 2.36. The number of amides is 3. The zero-order valence-corrected chi connectivity index (χ0v) is 11.4. The van der Waals surface area contributed by atoms with E-state index in [0.717, 1.165) is 6.26 Å². The fourth-order valence-electron chi connectivity index (χ4n) is 1.49. The predicted octanol–water partition coefficient (Wildman–Crippen LogP) is -0.601. The van der Waals surface area contributed by atoms with Crippen LogP contribution in [0.3, 0.4) is 0 Å². The number of carbonyl (C=O) groups excluding carboxylic acids is 2. The number of hydrogen-bond donors (Lipinski definition) is 1. The molecule has 0 aliphatic carbocycles. The lowest BCUT2D eigenvalue weighted by Crippen LogP contribution is -2.50. The Balaban J connectivity index is 2.04. The Morgan fingerprint density at radius 2 is 2.00 bits per heavy atom. The van der Waals surface area contributed by atoms with Gasteiger partial charge in [0.1, 0.15) is 0 Å². The van der Waals surface area contributed by atoms with Crippen LogP contribution in [0.2, 0.25) is 0 Å². The first kappa shape index (κ1) is 14.3. The molecule has 0 unspecified atom stereocenters. The molecule has 10 heteroatoms. The lowest BCUT2D eigenvalue weighted by atomic mass is 10.3. The third-order valence-electron chi connectivity index (χ3n) is 2.43. The number of anilines is 1. The minimum atomic E-state index is -3.54. The number of imide groups is 1. The van der Waals surface area contributed by atoms with Crippen molar-refractivity contribution < 1.29 is 22.2 Å². The monoisotopic (exact) mass is 300 g/mol. The first-order valence-electron chi connectivity index (χ1n) is 5.62. The van der Waals surface area contributed by atoms with Crippen LogP contribution in [0, 0.1) is 0 Å². The highest BCUT2D eigenvalue weighted by molar-refractivity contribution is 7.85. The lowest BCUT2D eigenvalue weighted by Gasteiger charge is -2.24. The summed E-state index contributed by atoms with van der Waals surface area (Å²) in [6.45, 7) is 0.0215. The smallest absolute Gasteiger partial charge is 0.278 e. The first-order valence-corrected chi connectivity index (χ1v) is 7.43. The first-order chi connectivity index (χ1) is 9.35. The van der Waals surface area contributed by atoms with Gasteiger partial charge in [0.2, 0.25) is 11.9 Å². The molecule has 108 valence electrons. The topological polar surface area (TPSA) is 119 Å². The summed E-state index contributed by atoms with van der Waals surface area (Å²) in [5, 5.41) is 2.15. The van der Waals surface area contributed by atoms with Gasteiger partial charge in [-0.3, -0.25) is 19.2 Å². The zero-order valence-electron chi connectivity index (χ0n) is 10.6. The second-order valence-electron chi connectivity index (χ2n) is 4.11. The highest BCUT2D eigenvalue weighted by Gasteiger charge is 2.25. The van der Waals surface area contributed by atoms with Gasteiger partial charge in [-0.15, -0.1) is 0 Å². The third kappa shape index (κ3) is 3.71. The van der Waals surface area contributed by atoms with Crippen molar-refractivity contribution in [1.29, 1.82) is 0 Å². The molecule has 9 nitrogen and oxygen atoms in total. The SMILES string of the molecule is CS(=O)(=O)OCc1cnc(N2CCC(=O)NC2=O)nc1. The maximum Gasteiger partial charge on any atom is 0.330 e. The minimum absolute atomic E-state index is 0.137. The number of hydrogen-bond acceptors (Lipinski definition) is 7. The molecule has 0 saturated carbocycles. The van der Waals surface area contributed by atoms with Crippen molar-refractivity contribution in [2.24, 2.45) is 0 Å². The van der Waals surface area contributed by atoms with Crippen molar-refractivity contribution in [2.45, 2.75) is 13.0 Å². The summed E-state index contributed by atoms with van der Waals surface area (Å²) in [6.07, 6.45) is 3.83. The van der Waals surface area contributed by atoms with E-state index in [1.54, 1.807) is 0 Å². The van der Waals surface area contributed by atoms with Gasteiger partial charge in [-0.05, 0) is 0 Å². The average molecular weight is 300 g/mol. The van der Waals surface area contributed by atoms with Gasteiger partial charge < -0.3 is 0 Å². The Bertz CT molecular complexity index is 628. The molecule has 0 bridgehead atoms. The van der Waals surface area contributed by atoms with Crippen LogP contribution >= 0.6 is 0 Å². The molecule has 1 aromatic rings. The van der Waals surface area contributed by atoms with Gasteiger partial charge in [0, 0.05) is 30.9 Å². The molecule has 1 saturated heterocycles. The van der Waals surface area contributed by atoms with Gasteiger partial charge in [0.05, 0.1) is 12.9 Å². The Kier molecular flexibility index (Phi) is 3.95. The van der Waals surface area contributed by atoms with Crippen molar-refractivity contribution in [2.75, 3.05) is 17.7 Å². The molecule has 1 fully saturated rings. The third-order valence-corrected chi connectivity index (χ3v) is 2.97. The van der Waals surface area contributed by atoms with Crippen LogP contribution in [0.15, 0.2) is 12.4 Å². The second-order valence-corrected chi connectivity index (χ2v) is 5.76. The van der Waals surface area contributed by atoms with Crippen LogP contribution in [0.25, 0.3) is 0 Å². The van der Waals surface area contributed by atoms with Crippen LogP contribution in [0.4, 0.5) is 10.7 Å². The molecular formula is C10H12N4O5S. The zero-order chi connectivity index (χ0) is 14.8. The largest absolute Gasteiger partial charge is 0.330 e. The predicted molar refractivity (Wildman–Crippen MR) is 67.2 cm³/mol. The van der Waals surface area contributed by atoms with Gasteiger partial charge in [-0.1, -0.05) is 0 Å². The van der Waals surface area contributed by atoms with Crippen molar-refractivity contribution >= 4 is 28.0 Å². The van der Waals surface area contributed by atoms with Crippen molar-refractivity contribution in [1.82, 2.24) is 15.3 Å². The summed E-state index contributed by atoms with van der Waals surface area (Å²) in [5.74, 6) is -0.206. The van der Waals surface area contributed by atoms with Gasteiger partial charge >= 0.3 is 6.03 Å². The number of rotatable bonds is 4. The molecule has 0 atom stereocenters. The Morgan fingerprint density at radius 3 is 2.55 bits per heavy atom. The van der Waals surface area contributed by atoms with Gasteiger partial charge in [0.15, 0.2) is 0 Å². The van der Waals surface area contributed by atoms with Crippen LogP contribution in [0.5, 0.6) is 0 Å².